The quantitative estimate of drug-likeness (QED) is 0.785. The van der Waals surface area contributed by atoms with Gasteiger partial charge in [-0.05, 0) is 25.5 Å². The normalized spacial score (nSPS) is 10.6. The molecule has 0 saturated carbocycles. The summed E-state index contributed by atoms with van der Waals surface area (Å²) in [6.07, 6.45) is 1.82. The molecular weight excluding hydrogens is 268 g/mol. The van der Waals surface area contributed by atoms with Crippen molar-refractivity contribution in [3.63, 3.8) is 0 Å². The van der Waals surface area contributed by atoms with Gasteiger partial charge in [0.25, 0.3) is 0 Å². The summed E-state index contributed by atoms with van der Waals surface area (Å²) in [5.74, 6) is 1.49. The minimum atomic E-state index is 0.655. The Bertz CT molecular complexity index is 527. The Hall–Kier alpha value is -1.13. The zero-order valence-corrected chi connectivity index (χ0v) is 12.0. The second kappa shape index (κ2) is 6.16. The Labute approximate surface area is 116 Å². The first kappa shape index (κ1) is 13.3. The molecule has 2 aromatic rings. The van der Waals surface area contributed by atoms with Gasteiger partial charge in [-0.2, -0.15) is 0 Å². The highest BCUT2D eigenvalue weighted by atomic mass is 35.5. The summed E-state index contributed by atoms with van der Waals surface area (Å²) in [5.41, 5.74) is 2.19. The summed E-state index contributed by atoms with van der Waals surface area (Å²) in [4.78, 5) is 0. The molecule has 1 aromatic carbocycles. The van der Waals surface area contributed by atoms with Gasteiger partial charge in [0.1, 0.15) is 10.8 Å². The van der Waals surface area contributed by atoms with Gasteiger partial charge in [-0.1, -0.05) is 23.0 Å². The number of nitrogens with zero attached hydrogens (tertiary/aromatic N) is 2. The van der Waals surface area contributed by atoms with E-state index >= 15 is 0 Å². The lowest BCUT2D eigenvalue weighted by atomic mass is 10.1. The number of benzene rings is 1. The van der Waals surface area contributed by atoms with Gasteiger partial charge in [-0.25, -0.2) is 0 Å². The monoisotopic (exact) mass is 282 g/mol. The van der Waals surface area contributed by atoms with E-state index in [-0.39, 0.29) is 0 Å². The smallest absolute Gasteiger partial charge is 0.151 e. The van der Waals surface area contributed by atoms with Gasteiger partial charge in [0.15, 0.2) is 5.01 Å². The van der Waals surface area contributed by atoms with E-state index in [2.05, 4.69) is 23.2 Å². The number of ether oxygens (including phenoxy) is 1. The van der Waals surface area contributed by atoms with Crippen molar-refractivity contribution in [3.8, 4) is 16.3 Å². The molecule has 0 bridgehead atoms. The number of aromatic nitrogens is 2. The molecule has 0 aliphatic rings. The zero-order chi connectivity index (χ0) is 13.0. The van der Waals surface area contributed by atoms with E-state index < -0.39 is 0 Å². The van der Waals surface area contributed by atoms with Crippen LogP contribution in [-0.2, 0) is 6.42 Å². The van der Waals surface area contributed by atoms with Crippen molar-refractivity contribution >= 4 is 22.9 Å². The van der Waals surface area contributed by atoms with Gasteiger partial charge in [0, 0.05) is 12.3 Å². The average molecular weight is 283 g/mol. The first-order valence-electron chi connectivity index (χ1n) is 5.78. The summed E-state index contributed by atoms with van der Waals surface area (Å²) < 4.78 is 5.36. The van der Waals surface area contributed by atoms with E-state index in [4.69, 9.17) is 16.3 Å². The van der Waals surface area contributed by atoms with Gasteiger partial charge in [0.2, 0.25) is 0 Å². The fraction of sp³-hybridized carbons (Fsp3) is 0.385. The van der Waals surface area contributed by atoms with Crippen LogP contribution in [0.5, 0.6) is 5.75 Å². The minimum absolute atomic E-state index is 0.655. The minimum Gasteiger partial charge on any atom is -0.496 e. The van der Waals surface area contributed by atoms with E-state index in [1.165, 1.54) is 5.56 Å². The zero-order valence-electron chi connectivity index (χ0n) is 10.4. The Morgan fingerprint density at radius 3 is 2.89 bits per heavy atom. The second-order valence-corrected chi connectivity index (χ2v) is 5.44. The summed E-state index contributed by atoms with van der Waals surface area (Å²) in [6, 6.07) is 6.06. The van der Waals surface area contributed by atoms with Gasteiger partial charge in [0.05, 0.1) is 12.7 Å². The Balaban J connectivity index is 2.30. The molecule has 0 aliphatic carbocycles. The van der Waals surface area contributed by atoms with Crippen LogP contribution >= 0.6 is 22.9 Å². The molecule has 5 heteroatoms. The lowest BCUT2D eigenvalue weighted by molar-refractivity contribution is 0.416. The molecule has 1 heterocycles. The molecule has 1 aromatic heterocycles. The largest absolute Gasteiger partial charge is 0.496 e. The number of hydrogen-bond donors (Lipinski definition) is 0. The van der Waals surface area contributed by atoms with E-state index in [9.17, 15) is 0 Å². The molecule has 0 aliphatic heterocycles. The Morgan fingerprint density at radius 2 is 2.17 bits per heavy atom. The molecule has 0 unspecified atom stereocenters. The summed E-state index contributed by atoms with van der Waals surface area (Å²) >= 11 is 7.28. The maximum atomic E-state index is 5.68. The molecule has 0 N–H and O–H groups in total. The first-order valence-corrected chi connectivity index (χ1v) is 7.13. The topological polar surface area (TPSA) is 35.0 Å². The number of halogens is 1. The molecule has 0 atom stereocenters. The molecule has 0 amide bonds. The van der Waals surface area contributed by atoms with Crippen molar-refractivity contribution in [2.45, 2.75) is 19.8 Å². The lowest BCUT2D eigenvalue weighted by Crippen LogP contribution is -1.88. The van der Waals surface area contributed by atoms with Gasteiger partial charge in [-0.3, -0.25) is 0 Å². The van der Waals surface area contributed by atoms with Crippen LogP contribution in [0.15, 0.2) is 18.2 Å². The van der Waals surface area contributed by atoms with Gasteiger partial charge in [-0.15, -0.1) is 21.8 Å². The molecule has 3 nitrogen and oxygen atoms in total. The van der Waals surface area contributed by atoms with Crippen LogP contribution in [0.25, 0.3) is 10.6 Å². The fourth-order valence-electron chi connectivity index (χ4n) is 1.67. The highest BCUT2D eigenvalue weighted by Gasteiger charge is 2.11. The molecule has 2 rings (SSSR count). The highest BCUT2D eigenvalue weighted by Crippen LogP contribution is 2.33. The van der Waals surface area contributed by atoms with Crippen LogP contribution in [0.4, 0.5) is 0 Å². The van der Waals surface area contributed by atoms with Gasteiger partial charge >= 0.3 is 0 Å². The predicted octanol–water partition coefficient (Wildman–Crippen LogP) is 3.69. The third-order valence-corrected chi connectivity index (χ3v) is 3.86. The Kier molecular flexibility index (Phi) is 4.55. The van der Waals surface area contributed by atoms with Crippen molar-refractivity contribution in [2.75, 3.05) is 13.0 Å². The molecule has 0 radical (unpaired) electrons. The maximum absolute atomic E-state index is 5.68. The van der Waals surface area contributed by atoms with Crippen LogP contribution in [0.3, 0.4) is 0 Å². The van der Waals surface area contributed by atoms with Crippen LogP contribution in [0, 0.1) is 6.92 Å². The molecule has 0 fully saturated rings. The third kappa shape index (κ3) is 3.00. The number of alkyl halides is 1. The van der Waals surface area contributed by atoms with E-state index in [1.54, 1.807) is 18.4 Å². The summed E-state index contributed by atoms with van der Waals surface area (Å²) in [7, 11) is 1.67. The third-order valence-electron chi connectivity index (χ3n) is 2.58. The van der Waals surface area contributed by atoms with Crippen LogP contribution in [0.2, 0.25) is 0 Å². The molecule has 0 spiro atoms. The lowest BCUT2D eigenvalue weighted by Gasteiger charge is -2.05. The molecule has 96 valence electrons. The fourth-order valence-corrected chi connectivity index (χ4v) is 2.71. The molecule has 18 heavy (non-hydrogen) atoms. The number of rotatable bonds is 5. The van der Waals surface area contributed by atoms with Crippen molar-refractivity contribution in [3.05, 3.63) is 28.8 Å². The van der Waals surface area contributed by atoms with E-state index in [1.807, 2.05) is 12.1 Å². The standard InChI is InChI=1S/C13H15ClN2OS/c1-9-5-6-11(17-2)10(8-9)13-16-15-12(18-13)4-3-7-14/h5-6,8H,3-4,7H2,1-2H3. The maximum Gasteiger partial charge on any atom is 0.151 e. The predicted molar refractivity (Wildman–Crippen MR) is 75.7 cm³/mol. The number of methoxy groups -OCH3 is 1. The van der Waals surface area contributed by atoms with Crippen LogP contribution < -0.4 is 4.74 Å². The van der Waals surface area contributed by atoms with E-state index in [0.717, 1.165) is 34.2 Å². The summed E-state index contributed by atoms with van der Waals surface area (Å²) in [5, 5.41) is 10.3. The Morgan fingerprint density at radius 1 is 1.33 bits per heavy atom. The summed E-state index contributed by atoms with van der Waals surface area (Å²) in [6.45, 7) is 2.05. The first-order chi connectivity index (χ1) is 8.74. The van der Waals surface area contributed by atoms with Crippen molar-refractivity contribution in [1.29, 1.82) is 0 Å². The van der Waals surface area contributed by atoms with Crippen molar-refractivity contribution < 1.29 is 4.74 Å². The van der Waals surface area contributed by atoms with Crippen LogP contribution in [0.1, 0.15) is 17.0 Å². The molecular formula is C13H15ClN2OS. The highest BCUT2D eigenvalue weighted by molar-refractivity contribution is 7.14. The van der Waals surface area contributed by atoms with Gasteiger partial charge < -0.3 is 4.74 Å². The van der Waals surface area contributed by atoms with Crippen molar-refractivity contribution in [1.82, 2.24) is 10.2 Å². The SMILES string of the molecule is COc1ccc(C)cc1-c1nnc(CCCCl)s1. The molecule has 0 saturated heterocycles. The number of aryl methyl sites for hydroxylation is 2. The van der Waals surface area contributed by atoms with E-state index in [0.29, 0.717) is 5.88 Å². The van der Waals surface area contributed by atoms with Crippen molar-refractivity contribution in [2.24, 2.45) is 0 Å². The second-order valence-electron chi connectivity index (χ2n) is 4.00. The van der Waals surface area contributed by atoms with Crippen LogP contribution in [-0.4, -0.2) is 23.2 Å². The average Bonchev–Trinajstić information content (AvgIpc) is 2.85. The number of hydrogen-bond acceptors (Lipinski definition) is 4.